The van der Waals surface area contributed by atoms with E-state index in [0.717, 1.165) is 0 Å². The molecule has 1 aromatic carbocycles. The smallest absolute Gasteiger partial charge is 0.119 e. The summed E-state index contributed by atoms with van der Waals surface area (Å²) in [5.41, 5.74) is 0.682. The van der Waals surface area contributed by atoms with Crippen LogP contribution in [0.1, 0.15) is 15.1 Å². The van der Waals surface area contributed by atoms with E-state index in [1.165, 1.54) is 17.0 Å². The molecule has 5 nitrogen and oxygen atoms in total. The van der Waals surface area contributed by atoms with Gasteiger partial charge in [0.05, 0.1) is 25.5 Å². The summed E-state index contributed by atoms with van der Waals surface area (Å²) >= 11 is 0. The molecule has 1 aliphatic heterocycles. The van der Waals surface area contributed by atoms with Crippen LogP contribution in [0.5, 0.6) is 5.75 Å². The van der Waals surface area contributed by atoms with Gasteiger partial charge in [0.1, 0.15) is 12.3 Å². The molecule has 20 heavy (non-hydrogen) atoms. The van der Waals surface area contributed by atoms with Crippen molar-refractivity contribution >= 4 is 5.69 Å². The van der Waals surface area contributed by atoms with E-state index in [2.05, 4.69) is 4.74 Å². The van der Waals surface area contributed by atoms with Gasteiger partial charge in [0, 0.05) is 48.1 Å². The number of methoxy groups -OCH3 is 1. The predicted octanol–water partition coefficient (Wildman–Crippen LogP) is 0.826. The average Bonchev–Trinajstić information content (AvgIpc) is 2.59. The number of benzene rings is 1. The van der Waals surface area contributed by atoms with Gasteiger partial charge in [-0.2, -0.15) is 0 Å². The van der Waals surface area contributed by atoms with E-state index in [-0.39, 0.29) is 18.8 Å². The van der Waals surface area contributed by atoms with Crippen LogP contribution in [-0.2, 0) is 4.74 Å². The van der Waals surface area contributed by atoms with Crippen LogP contribution in [0.15, 0.2) is 24.3 Å². The largest absolute Gasteiger partial charge is 0.491 e. The van der Waals surface area contributed by atoms with Crippen LogP contribution in [0, 0.1) is 0 Å². The second-order valence-electron chi connectivity index (χ2n) is 4.10. The van der Waals surface area contributed by atoms with Crippen molar-refractivity contribution < 1.29 is 29.7 Å². The van der Waals surface area contributed by atoms with Gasteiger partial charge in [-0.1, -0.05) is 0 Å². The zero-order chi connectivity index (χ0) is 23.9. The second-order valence-corrected chi connectivity index (χ2v) is 4.10. The second kappa shape index (κ2) is 8.09. The molecule has 0 aromatic heterocycles. The summed E-state index contributed by atoms with van der Waals surface area (Å²) in [6.07, 6.45) is 0. The van der Waals surface area contributed by atoms with Gasteiger partial charge in [-0.3, -0.25) is 4.90 Å². The number of aliphatic hydroxyl groups is 1. The minimum atomic E-state index is -3.25. The lowest BCUT2D eigenvalue weighted by molar-refractivity contribution is 0.146. The van der Waals surface area contributed by atoms with Crippen LogP contribution in [0.2, 0.25) is 0 Å². The highest BCUT2D eigenvalue weighted by Gasteiger charge is 2.16. The Labute approximate surface area is 136 Å². The molecule has 5 heteroatoms. The third-order valence-electron chi connectivity index (χ3n) is 2.95. The Balaban J connectivity index is 2.02. The quantitative estimate of drug-likeness (QED) is 0.806. The maximum absolute atomic E-state index is 9.42. The zero-order valence-corrected chi connectivity index (χ0v) is 10.8. The molecule has 1 aliphatic rings. The fourth-order valence-corrected chi connectivity index (χ4v) is 1.97. The van der Waals surface area contributed by atoms with Crippen LogP contribution in [-0.4, -0.2) is 69.4 Å². The van der Waals surface area contributed by atoms with E-state index in [0.29, 0.717) is 18.8 Å². The maximum atomic E-state index is 9.42. The van der Waals surface area contributed by atoms with E-state index in [1.54, 1.807) is 12.1 Å². The lowest BCUT2D eigenvalue weighted by atomic mass is 10.2. The van der Waals surface area contributed by atoms with Gasteiger partial charge in [-0.25, -0.2) is 0 Å². The minimum Gasteiger partial charge on any atom is -0.491 e. The van der Waals surface area contributed by atoms with Gasteiger partial charge in [-0.15, -0.1) is 0 Å². The number of ether oxygens (including phenoxy) is 2. The van der Waals surface area contributed by atoms with Crippen molar-refractivity contribution in [3.63, 3.8) is 0 Å². The van der Waals surface area contributed by atoms with Crippen LogP contribution < -0.4 is 9.64 Å². The van der Waals surface area contributed by atoms with Crippen LogP contribution in [0.25, 0.3) is 0 Å². The van der Waals surface area contributed by atoms with E-state index in [9.17, 15) is 5.11 Å². The third kappa shape index (κ3) is 4.37. The Morgan fingerprint density at radius 3 is 2.60 bits per heavy atom. The van der Waals surface area contributed by atoms with Gasteiger partial charge in [0.15, 0.2) is 0 Å². The Morgan fingerprint density at radius 1 is 1.20 bits per heavy atom. The molecule has 0 radical (unpaired) electrons. The normalized spacial score (nSPS) is 28.1. The van der Waals surface area contributed by atoms with Crippen molar-refractivity contribution in [2.45, 2.75) is 0 Å². The van der Waals surface area contributed by atoms with Crippen molar-refractivity contribution in [2.24, 2.45) is 0 Å². The van der Waals surface area contributed by atoms with Crippen molar-refractivity contribution in [2.75, 3.05) is 64.3 Å². The highest BCUT2D eigenvalue weighted by Crippen LogP contribution is 2.20. The molecule has 0 unspecified atom stereocenters. The van der Waals surface area contributed by atoms with Gasteiger partial charge in [0.2, 0.25) is 0 Å². The summed E-state index contributed by atoms with van der Waals surface area (Å²) in [6, 6.07) is 5.88. The summed E-state index contributed by atoms with van der Waals surface area (Å²) in [4.78, 5) is 3.08. The highest BCUT2D eigenvalue weighted by atomic mass is 16.5. The van der Waals surface area contributed by atoms with E-state index >= 15 is 0 Å². The third-order valence-corrected chi connectivity index (χ3v) is 2.95. The molecule has 1 aromatic rings. The molecule has 0 atom stereocenters. The number of piperazine rings is 1. The first-order valence-corrected chi connectivity index (χ1v) is 6.07. The predicted molar refractivity (Wildman–Crippen MR) is 79.6 cm³/mol. The average molecular weight is 291 g/mol. The molecule has 1 fully saturated rings. The zero-order valence-electron chi connectivity index (χ0n) is 21.8. The highest BCUT2D eigenvalue weighted by molar-refractivity contribution is 5.49. The van der Waals surface area contributed by atoms with Crippen molar-refractivity contribution in [1.82, 2.24) is 4.90 Å². The molecule has 0 saturated carbocycles. The van der Waals surface area contributed by atoms with Crippen LogP contribution in [0.3, 0.4) is 0 Å². The number of hydrogen-bond donors (Lipinski definition) is 1. The van der Waals surface area contributed by atoms with Gasteiger partial charge < -0.3 is 19.5 Å². The fraction of sp³-hybridized carbons (Fsp3) is 0.600. The SMILES string of the molecule is [2H]C([2H])([2H])OC([2H])([2H])C([2H])([2H])Oc1ccc(N2CCN(C([2H])([2H])C([2H])([2H])O)CC2)cc1. The van der Waals surface area contributed by atoms with Crippen LogP contribution in [0.4, 0.5) is 5.69 Å². The lowest BCUT2D eigenvalue weighted by Crippen LogP contribution is -2.47. The van der Waals surface area contributed by atoms with Gasteiger partial charge in [-0.05, 0) is 24.3 Å². The Hall–Kier alpha value is -1.30. The molecule has 0 spiro atoms. The molecule has 1 heterocycles. The van der Waals surface area contributed by atoms with Crippen molar-refractivity contribution in [3.8, 4) is 5.75 Å². The standard InChI is InChI=1S/C15H24N2O3/c1-19-12-13-20-15-4-2-14(3-5-15)17-8-6-16(7-9-17)10-11-18/h2-5,18H,6-13H2,1H3/i1D3,10D2,11D2,12D2,13D2. The number of rotatable bonds is 7. The molecular weight excluding hydrogens is 256 g/mol. The maximum Gasteiger partial charge on any atom is 0.119 e. The molecule has 1 saturated heterocycles. The van der Waals surface area contributed by atoms with E-state index < -0.39 is 33.2 Å². The fourth-order valence-electron chi connectivity index (χ4n) is 1.97. The first kappa shape index (κ1) is 6.22. The Morgan fingerprint density at radius 2 is 1.95 bits per heavy atom. The van der Waals surface area contributed by atoms with E-state index in [4.69, 9.17) is 19.8 Å². The molecule has 0 amide bonds. The molecule has 2 rings (SSSR count). The number of β-amino-alcohol motifs (C(OH)–C–C–N with tert-alkyl or cyclic N) is 1. The van der Waals surface area contributed by atoms with Crippen LogP contribution >= 0.6 is 0 Å². The Bertz CT molecular complexity index is 742. The van der Waals surface area contributed by atoms with Gasteiger partial charge >= 0.3 is 0 Å². The van der Waals surface area contributed by atoms with Gasteiger partial charge in [0.25, 0.3) is 0 Å². The Kier molecular flexibility index (Phi) is 2.51. The number of hydrogen-bond acceptors (Lipinski definition) is 5. The minimum absolute atomic E-state index is 0.0600. The number of nitrogens with zero attached hydrogens (tertiary/aromatic N) is 2. The molecule has 112 valence electrons. The first-order valence-electron chi connectivity index (χ1n) is 11.6. The first-order chi connectivity index (χ1) is 13.9. The van der Waals surface area contributed by atoms with Crippen molar-refractivity contribution in [1.29, 1.82) is 0 Å². The summed E-state index contributed by atoms with van der Waals surface area (Å²) in [5, 5.41) is 9.42. The summed E-state index contributed by atoms with van der Waals surface area (Å²) in [5.74, 6) is -0.0600. The topological polar surface area (TPSA) is 45.2 Å². The molecule has 1 N–H and O–H groups in total. The van der Waals surface area contributed by atoms with E-state index in [1.807, 2.05) is 4.90 Å². The lowest BCUT2D eigenvalue weighted by Gasteiger charge is -2.35. The summed E-state index contributed by atoms with van der Waals surface area (Å²) < 4.78 is 90.6. The molecule has 0 bridgehead atoms. The summed E-state index contributed by atoms with van der Waals surface area (Å²) in [7, 11) is -3.16. The monoisotopic (exact) mass is 291 g/mol. The number of anilines is 1. The molecular formula is C15H24N2O3. The van der Waals surface area contributed by atoms with Crippen molar-refractivity contribution in [3.05, 3.63) is 24.3 Å². The summed E-state index contributed by atoms with van der Waals surface area (Å²) in [6.45, 7) is -10.9. The molecule has 0 aliphatic carbocycles.